The molecule has 0 fully saturated rings. The van der Waals surface area contributed by atoms with Crippen LogP contribution in [0.25, 0.3) is 0 Å². The van der Waals surface area contributed by atoms with Gasteiger partial charge in [0.1, 0.15) is 5.15 Å². The highest BCUT2D eigenvalue weighted by atomic mass is 35.5. The average molecular weight is 239 g/mol. The van der Waals surface area contributed by atoms with Gasteiger partial charge in [0.15, 0.2) is 0 Å². The Morgan fingerprint density at radius 2 is 2.07 bits per heavy atom. The summed E-state index contributed by atoms with van der Waals surface area (Å²) in [5, 5.41) is 0.0648. The van der Waals surface area contributed by atoms with Gasteiger partial charge in [-0.2, -0.15) is 13.2 Å². The predicted octanol–water partition coefficient (Wildman–Crippen LogP) is 2.65. The standard InChI is InChI=1S/C9H10ClF3N2/c10-8-4-6(2-1-3-14)7(5-15-8)9(11,12)13/h4-5H,1-3,14H2. The van der Waals surface area contributed by atoms with Gasteiger partial charge in [-0.25, -0.2) is 4.98 Å². The van der Waals surface area contributed by atoms with Crippen LogP contribution >= 0.6 is 11.6 Å². The maximum Gasteiger partial charge on any atom is 0.418 e. The number of aryl methyl sites for hydroxylation is 1. The minimum atomic E-state index is -4.39. The lowest BCUT2D eigenvalue weighted by molar-refractivity contribution is -0.138. The van der Waals surface area contributed by atoms with E-state index in [0.717, 1.165) is 6.20 Å². The van der Waals surface area contributed by atoms with Gasteiger partial charge in [-0.3, -0.25) is 0 Å². The summed E-state index contributed by atoms with van der Waals surface area (Å²) in [4.78, 5) is 3.43. The maximum atomic E-state index is 12.5. The summed E-state index contributed by atoms with van der Waals surface area (Å²) in [6.45, 7) is 0.344. The minimum absolute atomic E-state index is 0.0648. The van der Waals surface area contributed by atoms with E-state index in [1.807, 2.05) is 0 Å². The third-order valence-electron chi connectivity index (χ3n) is 1.91. The van der Waals surface area contributed by atoms with Crippen LogP contribution in [0.15, 0.2) is 12.3 Å². The number of aromatic nitrogens is 1. The highest BCUT2D eigenvalue weighted by Crippen LogP contribution is 2.32. The number of nitrogens with two attached hydrogens (primary N) is 1. The molecule has 0 spiro atoms. The summed E-state index contributed by atoms with van der Waals surface area (Å²) < 4.78 is 37.5. The second kappa shape index (κ2) is 4.81. The highest BCUT2D eigenvalue weighted by Gasteiger charge is 2.33. The summed E-state index contributed by atoms with van der Waals surface area (Å²) in [5.74, 6) is 0. The Morgan fingerprint density at radius 3 is 2.60 bits per heavy atom. The van der Waals surface area contributed by atoms with Crippen molar-refractivity contribution >= 4 is 11.6 Å². The van der Waals surface area contributed by atoms with Crippen molar-refractivity contribution in [3.63, 3.8) is 0 Å². The lowest BCUT2D eigenvalue weighted by atomic mass is 10.1. The quantitative estimate of drug-likeness (QED) is 0.823. The molecule has 0 saturated carbocycles. The zero-order valence-corrected chi connectivity index (χ0v) is 8.57. The Kier molecular flexibility index (Phi) is 3.93. The molecule has 15 heavy (non-hydrogen) atoms. The first kappa shape index (κ1) is 12.3. The van der Waals surface area contributed by atoms with E-state index < -0.39 is 11.7 Å². The Bertz CT molecular complexity index is 339. The van der Waals surface area contributed by atoms with E-state index >= 15 is 0 Å². The van der Waals surface area contributed by atoms with Gasteiger partial charge in [0.2, 0.25) is 0 Å². The molecule has 0 aromatic carbocycles. The molecule has 2 N–H and O–H groups in total. The van der Waals surface area contributed by atoms with Gasteiger partial charge >= 0.3 is 6.18 Å². The van der Waals surface area contributed by atoms with E-state index in [2.05, 4.69) is 4.98 Å². The van der Waals surface area contributed by atoms with Gasteiger partial charge in [-0.1, -0.05) is 11.6 Å². The fraction of sp³-hybridized carbons (Fsp3) is 0.444. The molecule has 0 atom stereocenters. The molecule has 0 unspecified atom stereocenters. The summed E-state index contributed by atoms with van der Waals surface area (Å²) in [5.41, 5.74) is 4.65. The first-order valence-electron chi connectivity index (χ1n) is 4.37. The van der Waals surface area contributed by atoms with Crippen LogP contribution < -0.4 is 5.73 Å². The molecule has 1 aromatic heterocycles. The average Bonchev–Trinajstić information content (AvgIpc) is 2.12. The lowest BCUT2D eigenvalue weighted by Gasteiger charge is -2.11. The zero-order chi connectivity index (χ0) is 11.5. The van der Waals surface area contributed by atoms with Crippen LogP contribution in [0, 0.1) is 0 Å². The number of hydrogen-bond donors (Lipinski definition) is 1. The third kappa shape index (κ3) is 3.35. The Morgan fingerprint density at radius 1 is 1.40 bits per heavy atom. The van der Waals surface area contributed by atoms with Crippen molar-refractivity contribution in [1.29, 1.82) is 0 Å². The van der Waals surface area contributed by atoms with E-state index in [9.17, 15) is 13.2 Å². The van der Waals surface area contributed by atoms with E-state index in [0.29, 0.717) is 13.0 Å². The molecular formula is C9H10ClF3N2. The van der Waals surface area contributed by atoms with Gasteiger partial charge in [-0.15, -0.1) is 0 Å². The van der Waals surface area contributed by atoms with Crippen LogP contribution in [-0.2, 0) is 12.6 Å². The molecule has 0 aliphatic heterocycles. The first-order chi connectivity index (χ1) is 6.95. The Labute approximate surface area is 90.3 Å². The molecule has 6 heteroatoms. The smallest absolute Gasteiger partial charge is 0.330 e. The Balaban J connectivity index is 3.03. The summed E-state index contributed by atoms with van der Waals surface area (Å²) >= 11 is 5.54. The number of nitrogens with zero attached hydrogens (tertiary/aromatic N) is 1. The van der Waals surface area contributed by atoms with E-state index in [1.54, 1.807) is 0 Å². The Hall–Kier alpha value is -0.810. The predicted molar refractivity (Wildman–Crippen MR) is 51.6 cm³/mol. The molecular weight excluding hydrogens is 229 g/mol. The molecule has 1 aromatic rings. The SMILES string of the molecule is NCCCc1cc(Cl)ncc1C(F)(F)F. The molecule has 84 valence electrons. The number of pyridine rings is 1. The molecule has 0 bridgehead atoms. The van der Waals surface area contributed by atoms with Gasteiger partial charge in [0.05, 0.1) is 5.56 Å². The van der Waals surface area contributed by atoms with Gasteiger partial charge in [0, 0.05) is 6.20 Å². The molecule has 0 aliphatic carbocycles. The summed E-state index contributed by atoms with van der Waals surface area (Å²) in [7, 11) is 0. The molecule has 0 amide bonds. The third-order valence-corrected chi connectivity index (χ3v) is 2.12. The molecule has 2 nitrogen and oxygen atoms in total. The van der Waals surface area contributed by atoms with Crippen LogP contribution in [0.2, 0.25) is 5.15 Å². The number of rotatable bonds is 3. The van der Waals surface area contributed by atoms with E-state index in [4.69, 9.17) is 17.3 Å². The summed E-state index contributed by atoms with van der Waals surface area (Å²) in [6.07, 6.45) is -2.88. The fourth-order valence-corrected chi connectivity index (χ4v) is 1.40. The van der Waals surface area contributed by atoms with E-state index in [-0.39, 0.29) is 17.1 Å². The number of halogens is 4. The normalized spacial score (nSPS) is 11.8. The van der Waals surface area contributed by atoms with Crippen molar-refractivity contribution in [2.45, 2.75) is 19.0 Å². The van der Waals surface area contributed by atoms with Crippen LogP contribution in [0.3, 0.4) is 0 Å². The molecule has 0 aliphatic rings. The van der Waals surface area contributed by atoms with Crippen LogP contribution in [0.5, 0.6) is 0 Å². The zero-order valence-electron chi connectivity index (χ0n) is 7.81. The molecule has 1 rings (SSSR count). The van der Waals surface area contributed by atoms with Gasteiger partial charge in [-0.05, 0) is 31.0 Å². The molecule has 1 heterocycles. The summed E-state index contributed by atoms with van der Waals surface area (Å²) in [6, 6.07) is 1.24. The van der Waals surface area contributed by atoms with Crippen molar-refractivity contribution in [3.8, 4) is 0 Å². The van der Waals surface area contributed by atoms with Crippen molar-refractivity contribution < 1.29 is 13.2 Å². The van der Waals surface area contributed by atoms with Gasteiger partial charge in [0.25, 0.3) is 0 Å². The lowest BCUT2D eigenvalue weighted by Crippen LogP contribution is -2.11. The second-order valence-corrected chi connectivity index (χ2v) is 3.44. The maximum absolute atomic E-state index is 12.5. The largest absolute Gasteiger partial charge is 0.418 e. The monoisotopic (exact) mass is 238 g/mol. The first-order valence-corrected chi connectivity index (χ1v) is 4.74. The second-order valence-electron chi connectivity index (χ2n) is 3.05. The van der Waals surface area contributed by atoms with Crippen LogP contribution in [-0.4, -0.2) is 11.5 Å². The van der Waals surface area contributed by atoms with Crippen LogP contribution in [0.4, 0.5) is 13.2 Å². The number of alkyl halides is 3. The van der Waals surface area contributed by atoms with Crippen molar-refractivity contribution in [2.24, 2.45) is 5.73 Å². The van der Waals surface area contributed by atoms with E-state index in [1.165, 1.54) is 6.07 Å². The highest BCUT2D eigenvalue weighted by molar-refractivity contribution is 6.29. The van der Waals surface area contributed by atoms with Gasteiger partial charge < -0.3 is 5.73 Å². The van der Waals surface area contributed by atoms with Crippen molar-refractivity contribution in [3.05, 3.63) is 28.5 Å². The molecule has 0 radical (unpaired) electrons. The topological polar surface area (TPSA) is 38.9 Å². The minimum Gasteiger partial charge on any atom is -0.330 e. The molecule has 0 saturated heterocycles. The van der Waals surface area contributed by atoms with Crippen molar-refractivity contribution in [1.82, 2.24) is 4.98 Å². The number of hydrogen-bond acceptors (Lipinski definition) is 2. The van der Waals surface area contributed by atoms with Crippen molar-refractivity contribution in [2.75, 3.05) is 6.54 Å². The fourth-order valence-electron chi connectivity index (χ4n) is 1.22. The van der Waals surface area contributed by atoms with Crippen LogP contribution in [0.1, 0.15) is 17.5 Å².